The van der Waals surface area contributed by atoms with Crippen molar-refractivity contribution in [3.63, 3.8) is 0 Å². The lowest BCUT2D eigenvalue weighted by molar-refractivity contribution is 0.498. The van der Waals surface area contributed by atoms with Crippen LogP contribution in [0.15, 0.2) is 29.8 Å². The first-order chi connectivity index (χ1) is 9.40. The molecule has 3 heteroatoms. The van der Waals surface area contributed by atoms with E-state index in [1.807, 2.05) is 18.2 Å². The lowest BCUT2D eigenvalue weighted by Gasteiger charge is -2.23. The highest BCUT2D eigenvalue weighted by molar-refractivity contribution is 5.71. The van der Waals surface area contributed by atoms with Crippen molar-refractivity contribution >= 4 is 17.1 Å². The molecule has 0 spiro atoms. The Morgan fingerprint density at radius 2 is 1.95 bits per heavy atom. The van der Waals surface area contributed by atoms with Crippen LogP contribution in [-0.4, -0.2) is 13.6 Å². The molecular formula is C17H29N3. The lowest BCUT2D eigenvalue weighted by atomic mass is 10.0. The van der Waals surface area contributed by atoms with E-state index >= 15 is 0 Å². The van der Waals surface area contributed by atoms with Gasteiger partial charge in [-0.25, -0.2) is 0 Å². The summed E-state index contributed by atoms with van der Waals surface area (Å²) in [6, 6.07) is 5.73. The predicted molar refractivity (Wildman–Crippen MR) is 91.0 cm³/mol. The molecule has 0 saturated carbocycles. The summed E-state index contributed by atoms with van der Waals surface area (Å²) in [6.45, 7) is 7.65. The smallest absolute Gasteiger partial charge is 0.0598 e. The maximum absolute atomic E-state index is 6.01. The van der Waals surface area contributed by atoms with E-state index in [1.165, 1.54) is 24.8 Å². The Balaban J connectivity index is 2.42. The van der Waals surface area contributed by atoms with Crippen molar-refractivity contribution in [2.45, 2.75) is 40.0 Å². The third-order valence-corrected chi connectivity index (χ3v) is 3.63. The van der Waals surface area contributed by atoms with Gasteiger partial charge in [0.1, 0.15) is 0 Å². The summed E-state index contributed by atoms with van der Waals surface area (Å²) in [5, 5.41) is 0. The molecule has 0 heterocycles. The zero-order chi connectivity index (χ0) is 15.1. The molecule has 112 valence electrons. The highest BCUT2D eigenvalue weighted by atomic mass is 15.1. The van der Waals surface area contributed by atoms with Crippen molar-refractivity contribution in [1.82, 2.24) is 0 Å². The van der Waals surface area contributed by atoms with Crippen molar-refractivity contribution in [3.8, 4) is 0 Å². The number of allylic oxidation sites excluding steroid dienone is 2. The fourth-order valence-electron chi connectivity index (χ4n) is 2.26. The van der Waals surface area contributed by atoms with Crippen LogP contribution in [0.4, 0.5) is 17.1 Å². The van der Waals surface area contributed by atoms with Crippen molar-refractivity contribution in [2.24, 2.45) is 5.92 Å². The molecule has 0 aromatic heterocycles. The van der Waals surface area contributed by atoms with Gasteiger partial charge in [-0.1, -0.05) is 18.6 Å². The van der Waals surface area contributed by atoms with E-state index in [1.54, 1.807) is 0 Å². The number of rotatable bonds is 7. The zero-order valence-electron chi connectivity index (χ0n) is 13.3. The Morgan fingerprint density at radius 1 is 1.25 bits per heavy atom. The van der Waals surface area contributed by atoms with Gasteiger partial charge in [-0.2, -0.15) is 0 Å². The van der Waals surface area contributed by atoms with Crippen molar-refractivity contribution in [1.29, 1.82) is 0 Å². The Bertz CT molecular complexity index is 448. The Labute approximate surface area is 123 Å². The highest BCUT2D eigenvalue weighted by Gasteiger charge is 2.08. The first kappa shape index (κ1) is 16.4. The van der Waals surface area contributed by atoms with E-state index < -0.39 is 0 Å². The van der Waals surface area contributed by atoms with Gasteiger partial charge in [0.25, 0.3) is 0 Å². The van der Waals surface area contributed by atoms with Gasteiger partial charge in [-0.05, 0) is 57.2 Å². The average Bonchev–Trinajstić information content (AvgIpc) is 2.35. The van der Waals surface area contributed by atoms with Crippen molar-refractivity contribution in [3.05, 3.63) is 29.8 Å². The van der Waals surface area contributed by atoms with Crippen LogP contribution in [-0.2, 0) is 0 Å². The average molecular weight is 275 g/mol. The normalized spacial score (nSPS) is 12.0. The minimum Gasteiger partial charge on any atom is -0.399 e. The number of nitrogens with two attached hydrogens (primary N) is 2. The molecule has 0 aliphatic carbocycles. The minimum atomic E-state index is 0.717. The van der Waals surface area contributed by atoms with E-state index in [9.17, 15) is 0 Å². The number of hydrogen-bond acceptors (Lipinski definition) is 3. The van der Waals surface area contributed by atoms with Crippen LogP contribution in [0.25, 0.3) is 0 Å². The molecule has 3 nitrogen and oxygen atoms in total. The molecule has 20 heavy (non-hydrogen) atoms. The van der Waals surface area contributed by atoms with Gasteiger partial charge in [-0.15, -0.1) is 0 Å². The second-order valence-electron chi connectivity index (χ2n) is 5.99. The van der Waals surface area contributed by atoms with Gasteiger partial charge in [0.2, 0.25) is 0 Å². The highest BCUT2D eigenvalue weighted by Crippen LogP contribution is 2.25. The molecule has 1 aromatic rings. The van der Waals surface area contributed by atoms with E-state index in [-0.39, 0.29) is 0 Å². The largest absolute Gasteiger partial charge is 0.399 e. The summed E-state index contributed by atoms with van der Waals surface area (Å²) in [5.41, 5.74) is 15.7. The molecule has 1 rings (SSSR count). The van der Waals surface area contributed by atoms with Gasteiger partial charge in [0, 0.05) is 19.3 Å². The molecule has 0 radical (unpaired) electrons. The number of hydrogen-bond donors (Lipinski definition) is 2. The van der Waals surface area contributed by atoms with Crippen LogP contribution in [0.1, 0.15) is 40.0 Å². The number of nitrogen functional groups attached to an aromatic ring is 2. The molecule has 0 fully saturated rings. The van der Waals surface area contributed by atoms with Crippen molar-refractivity contribution in [2.75, 3.05) is 30.0 Å². The standard InChI is InChI=1S/C17H29N3/c1-13(2)6-5-7-14(3)10-11-20(4)17-9-8-15(18)12-16(17)19/h6,8-9,12,14H,5,7,10-11,18-19H2,1-4H3. The second-order valence-corrected chi connectivity index (χ2v) is 5.99. The first-order valence-corrected chi connectivity index (χ1v) is 7.39. The topological polar surface area (TPSA) is 55.3 Å². The minimum absolute atomic E-state index is 0.717. The molecule has 0 aliphatic rings. The van der Waals surface area contributed by atoms with E-state index in [4.69, 9.17) is 11.5 Å². The Kier molecular flexibility index (Phi) is 6.43. The van der Waals surface area contributed by atoms with Crippen LogP contribution in [0.2, 0.25) is 0 Å². The SMILES string of the molecule is CC(C)=CCCC(C)CCN(C)c1ccc(N)cc1N. The Hall–Kier alpha value is -1.64. The molecule has 0 amide bonds. The Morgan fingerprint density at radius 3 is 2.55 bits per heavy atom. The molecule has 1 atom stereocenters. The molecule has 0 bridgehead atoms. The zero-order valence-corrected chi connectivity index (χ0v) is 13.3. The van der Waals surface area contributed by atoms with Crippen LogP contribution < -0.4 is 16.4 Å². The van der Waals surface area contributed by atoms with Crippen LogP contribution in [0, 0.1) is 5.92 Å². The van der Waals surface area contributed by atoms with Crippen LogP contribution in [0.5, 0.6) is 0 Å². The van der Waals surface area contributed by atoms with Gasteiger partial charge in [0.05, 0.1) is 11.4 Å². The summed E-state index contributed by atoms with van der Waals surface area (Å²) in [6.07, 6.45) is 5.92. The van der Waals surface area contributed by atoms with E-state index in [0.717, 1.165) is 29.5 Å². The van der Waals surface area contributed by atoms with Crippen LogP contribution in [0.3, 0.4) is 0 Å². The quantitative estimate of drug-likeness (QED) is 0.583. The number of benzene rings is 1. The summed E-state index contributed by atoms with van der Waals surface area (Å²) < 4.78 is 0. The monoisotopic (exact) mass is 275 g/mol. The molecular weight excluding hydrogens is 246 g/mol. The number of anilines is 3. The van der Waals surface area contributed by atoms with Gasteiger partial charge in [-0.3, -0.25) is 0 Å². The maximum atomic E-state index is 6.01. The summed E-state index contributed by atoms with van der Waals surface area (Å²) in [7, 11) is 2.09. The lowest BCUT2D eigenvalue weighted by Crippen LogP contribution is -2.21. The predicted octanol–water partition coefficient (Wildman–Crippen LogP) is 4.06. The summed E-state index contributed by atoms with van der Waals surface area (Å²) in [5.74, 6) is 0.725. The molecule has 0 saturated heterocycles. The second kappa shape index (κ2) is 7.83. The summed E-state index contributed by atoms with van der Waals surface area (Å²) in [4.78, 5) is 2.21. The van der Waals surface area contributed by atoms with Gasteiger partial charge in [0.15, 0.2) is 0 Å². The number of nitrogens with zero attached hydrogens (tertiary/aromatic N) is 1. The van der Waals surface area contributed by atoms with Gasteiger partial charge < -0.3 is 16.4 Å². The summed E-state index contributed by atoms with van der Waals surface area (Å²) >= 11 is 0. The van der Waals surface area contributed by atoms with E-state index in [0.29, 0.717) is 0 Å². The fraction of sp³-hybridized carbons (Fsp3) is 0.529. The molecule has 4 N–H and O–H groups in total. The van der Waals surface area contributed by atoms with Gasteiger partial charge >= 0.3 is 0 Å². The molecule has 1 unspecified atom stereocenters. The fourth-order valence-corrected chi connectivity index (χ4v) is 2.26. The van der Waals surface area contributed by atoms with Crippen LogP contribution >= 0.6 is 0 Å². The van der Waals surface area contributed by atoms with E-state index in [2.05, 4.69) is 38.8 Å². The molecule has 0 aliphatic heterocycles. The van der Waals surface area contributed by atoms with Crippen molar-refractivity contribution < 1.29 is 0 Å². The first-order valence-electron chi connectivity index (χ1n) is 7.39. The maximum Gasteiger partial charge on any atom is 0.0598 e. The molecule has 1 aromatic carbocycles. The third kappa shape index (κ3) is 5.55. The third-order valence-electron chi connectivity index (χ3n) is 3.63.